The third kappa shape index (κ3) is 3.58. The Kier molecular flexibility index (Phi) is 5.17. The molecule has 6 aromatic carbocycles. The number of hydrogen-bond donors (Lipinski definition) is 1. The molecule has 2 heteroatoms. The van der Waals surface area contributed by atoms with Gasteiger partial charge < -0.3 is 9.88 Å². The maximum absolute atomic E-state index is 3.74. The highest BCUT2D eigenvalue weighted by Gasteiger charge is 2.27. The van der Waals surface area contributed by atoms with Gasteiger partial charge in [0.05, 0.1) is 11.2 Å². The lowest BCUT2D eigenvalue weighted by atomic mass is 9.97. The van der Waals surface area contributed by atoms with Crippen LogP contribution in [0.4, 0.5) is 11.4 Å². The third-order valence-corrected chi connectivity index (χ3v) is 7.91. The molecule has 0 atom stereocenters. The average Bonchev–Trinajstić information content (AvgIpc) is 3.29. The van der Waals surface area contributed by atoms with Gasteiger partial charge in [0, 0.05) is 39.1 Å². The second-order valence-corrected chi connectivity index (χ2v) is 10.3. The summed E-state index contributed by atoms with van der Waals surface area (Å²) < 4.78 is 2.46. The molecular formula is C38H26N2. The molecule has 1 aliphatic heterocycles. The Balaban J connectivity index is 1.52. The molecule has 2 nitrogen and oxygen atoms in total. The van der Waals surface area contributed by atoms with E-state index in [1.54, 1.807) is 0 Å². The smallest absolute Gasteiger partial charge is 0.0641 e. The molecule has 0 saturated heterocycles. The molecule has 0 saturated carbocycles. The second-order valence-electron chi connectivity index (χ2n) is 10.3. The minimum Gasteiger partial charge on any atom is -0.354 e. The number of nitrogens with one attached hydrogen (secondary N) is 1. The number of aromatic nitrogens is 1. The number of nitrogens with zero attached hydrogens (tertiary/aromatic N) is 1. The Morgan fingerprint density at radius 2 is 0.950 bits per heavy atom. The predicted octanol–water partition coefficient (Wildman–Crippen LogP) is 10.4. The van der Waals surface area contributed by atoms with Gasteiger partial charge in [-0.25, -0.2) is 0 Å². The van der Waals surface area contributed by atoms with Crippen molar-refractivity contribution in [3.8, 4) is 50.3 Å². The molecule has 2 heterocycles. The normalized spacial score (nSPS) is 11.7. The minimum absolute atomic E-state index is 1.11. The molecule has 0 amide bonds. The van der Waals surface area contributed by atoms with Crippen molar-refractivity contribution in [1.29, 1.82) is 0 Å². The van der Waals surface area contributed by atoms with E-state index in [0.29, 0.717) is 0 Å². The van der Waals surface area contributed by atoms with Crippen LogP contribution in [-0.2, 0) is 0 Å². The lowest BCUT2D eigenvalue weighted by Crippen LogP contribution is -2.00. The number of benzene rings is 6. The maximum Gasteiger partial charge on any atom is 0.0641 e. The highest BCUT2D eigenvalue weighted by molar-refractivity contribution is 6.11. The molecule has 0 radical (unpaired) electrons. The zero-order valence-electron chi connectivity index (χ0n) is 21.9. The van der Waals surface area contributed by atoms with Gasteiger partial charge in [-0.05, 0) is 58.7 Å². The Labute approximate surface area is 233 Å². The van der Waals surface area contributed by atoms with Gasteiger partial charge in [-0.2, -0.15) is 0 Å². The molecule has 0 fully saturated rings. The Bertz CT molecular complexity index is 1960. The van der Waals surface area contributed by atoms with Crippen molar-refractivity contribution in [1.82, 2.24) is 4.57 Å². The first-order valence-corrected chi connectivity index (χ1v) is 13.7. The highest BCUT2D eigenvalue weighted by atomic mass is 15.0. The van der Waals surface area contributed by atoms with Crippen LogP contribution in [0.5, 0.6) is 0 Å². The summed E-state index contributed by atoms with van der Waals surface area (Å²) in [6.45, 7) is 0. The summed E-state index contributed by atoms with van der Waals surface area (Å²) in [6, 6.07) is 54.5. The summed E-state index contributed by atoms with van der Waals surface area (Å²) in [5, 5.41) is 4.99. The third-order valence-electron chi connectivity index (χ3n) is 7.91. The molecule has 1 aromatic heterocycles. The van der Waals surface area contributed by atoms with Crippen LogP contribution in [0.25, 0.3) is 61.2 Å². The van der Waals surface area contributed by atoms with E-state index >= 15 is 0 Å². The van der Waals surface area contributed by atoms with Crippen LogP contribution in [0.3, 0.4) is 0 Å². The van der Waals surface area contributed by atoms with Crippen LogP contribution < -0.4 is 5.32 Å². The molecule has 188 valence electrons. The molecule has 0 bridgehead atoms. The van der Waals surface area contributed by atoms with Crippen molar-refractivity contribution >= 4 is 22.3 Å². The number of fused-ring (bicyclic) bond motifs is 7. The summed E-state index contributed by atoms with van der Waals surface area (Å²) >= 11 is 0. The first kappa shape index (κ1) is 22.6. The van der Waals surface area contributed by atoms with Crippen LogP contribution in [-0.4, -0.2) is 4.57 Å². The van der Waals surface area contributed by atoms with Crippen molar-refractivity contribution in [2.75, 3.05) is 5.32 Å². The average molecular weight is 511 g/mol. The van der Waals surface area contributed by atoms with Crippen molar-refractivity contribution in [2.45, 2.75) is 0 Å². The van der Waals surface area contributed by atoms with E-state index in [1.807, 2.05) is 0 Å². The largest absolute Gasteiger partial charge is 0.354 e. The van der Waals surface area contributed by atoms with Gasteiger partial charge >= 0.3 is 0 Å². The zero-order chi connectivity index (χ0) is 26.5. The van der Waals surface area contributed by atoms with E-state index in [0.717, 1.165) is 17.1 Å². The standard InChI is InChI=1S/C38H26N2/c1-3-13-26(14-4-1)28-23-29(27-15-5-2-6-16-27)25-30(24-28)40-36-22-12-9-19-33(36)37-31-17-7-10-20-34(31)39-35-21-11-8-18-32(35)38(37)40/h1-25,39H. The predicted molar refractivity (Wildman–Crippen MR) is 168 cm³/mol. The van der Waals surface area contributed by atoms with Gasteiger partial charge in [-0.3, -0.25) is 0 Å². The molecule has 40 heavy (non-hydrogen) atoms. The van der Waals surface area contributed by atoms with Crippen LogP contribution in [0, 0.1) is 0 Å². The van der Waals surface area contributed by atoms with Crippen LogP contribution in [0.1, 0.15) is 0 Å². The monoisotopic (exact) mass is 510 g/mol. The summed E-state index contributed by atoms with van der Waals surface area (Å²) in [5.74, 6) is 0. The van der Waals surface area contributed by atoms with Crippen LogP contribution >= 0.6 is 0 Å². The Morgan fingerprint density at radius 3 is 1.62 bits per heavy atom. The van der Waals surface area contributed by atoms with Crippen molar-refractivity contribution < 1.29 is 0 Å². The van der Waals surface area contributed by atoms with E-state index < -0.39 is 0 Å². The summed E-state index contributed by atoms with van der Waals surface area (Å²) in [4.78, 5) is 0. The van der Waals surface area contributed by atoms with E-state index in [2.05, 4.69) is 162 Å². The number of anilines is 2. The topological polar surface area (TPSA) is 17.0 Å². The van der Waals surface area contributed by atoms with Crippen LogP contribution in [0.15, 0.2) is 152 Å². The molecular weight excluding hydrogens is 484 g/mol. The molecule has 0 spiro atoms. The lowest BCUT2D eigenvalue weighted by molar-refractivity contribution is 1.14. The van der Waals surface area contributed by atoms with Crippen molar-refractivity contribution in [3.05, 3.63) is 152 Å². The van der Waals surface area contributed by atoms with Gasteiger partial charge in [0.15, 0.2) is 0 Å². The summed E-state index contributed by atoms with van der Waals surface area (Å²) in [6.07, 6.45) is 0. The van der Waals surface area contributed by atoms with Gasteiger partial charge in [0.25, 0.3) is 0 Å². The van der Waals surface area contributed by atoms with Gasteiger partial charge in [-0.15, -0.1) is 0 Å². The lowest BCUT2D eigenvalue weighted by Gasteiger charge is -2.17. The number of rotatable bonds is 3. The fraction of sp³-hybridized carbons (Fsp3) is 0. The quantitative estimate of drug-likeness (QED) is 0.250. The van der Waals surface area contributed by atoms with Crippen molar-refractivity contribution in [2.24, 2.45) is 0 Å². The number of hydrogen-bond acceptors (Lipinski definition) is 1. The Morgan fingerprint density at radius 1 is 0.425 bits per heavy atom. The van der Waals surface area contributed by atoms with E-state index in [1.165, 1.54) is 55.5 Å². The minimum atomic E-state index is 1.11. The van der Waals surface area contributed by atoms with Crippen LogP contribution in [0.2, 0.25) is 0 Å². The van der Waals surface area contributed by atoms with E-state index in [9.17, 15) is 0 Å². The van der Waals surface area contributed by atoms with Gasteiger partial charge in [-0.1, -0.05) is 115 Å². The Hall–Kier alpha value is -5.34. The first-order valence-electron chi connectivity index (χ1n) is 13.7. The summed E-state index contributed by atoms with van der Waals surface area (Å²) in [5.41, 5.74) is 14.3. The van der Waals surface area contributed by atoms with Crippen molar-refractivity contribution in [3.63, 3.8) is 0 Å². The molecule has 1 N–H and O–H groups in total. The molecule has 0 unspecified atom stereocenters. The van der Waals surface area contributed by atoms with Gasteiger partial charge in [0.2, 0.25) is 0 Å². The molecule has 8 rings (SSSR count). The SMILES string of the molecule is c1ccc(-c2cc(-c3ccccc3)cc(-n3c4c(c5ccccc53)-c3ccccc3Nc3ccccc3-4)c2)cc1. The molecule has 0 aliphatic carbocycles. The zero-order valence-corrected chi connectivity index (χ0v) is 21.9. The molecule has 1 aliphatic rings. The maximum atomic E-state index is 3.74. The number of para-hydroxylation sites is 3. The van der Waals surface area contributed by atoms with E-state index in [4.69, 9.17) is 0 Å². The van der Waals surface area contributed by atoms with Gasteiger partial charge in [0.1, 0.15) is 0 Å². The fourth-order valence-electron chi connectivity index (χ4n) is 6.12. The second kappa shape index (κ2) is 9.14. The van der Waals surface area contributed by atoms with E-state index in [-0.39, 0.29) is 0 Å². The first-order chi connectivity index (χ1) is 19.8. The summed E-state index contributed by atoms with van der Waals surface area (Å²) in [7, 11) is 0. The highest BCUT2D eigenvalue weighted by Crippen LogP contribution is 2.50. The fourth-order valence-corrected chi connectivity index (χ4v) is 6.12. The molecule has 7 aromatic rings.